The fraction of sp³-hybridized carbons (Fsp3) is 0.429. The maximum atomic E-state index is 12.1. The van der Waals surface area contributed by atoms with Crippen molar-refractivity contribution in [1.29, 1.82) is 0 Å². The van der Waals surface area contributed by atoms with E-state index in [1.165, 1.54) is 13.0 Å². The lowest BCUT2D eigenvalue weighted by Crippen LogP contribution is -2.14. The summed E-state index contributed by atoms with van der Waals surface area (Å²) in [5, 5.41) is 9.14. The van der Waals surface area contributed by atoms with Crippen molar-refractivity contribution in [1.82, 2.24) is 0 Å². The Labute approximate surface area is 121 Å². The maximum absolute atomic E-state index is 12.1. The van der Waals surface area contributed by atoms with Crippen LogP contribution in [0.15, 0.2) is 12.1 Å². The van der Waals surface area contributed by atoms with Gasteiger partial charge in [0, 0.05) is 18.4 Å². The van der Waals surface area contributed by atoms with Gasteiger partial charge in [-0.2, -0.15) is 0 Å². The van der Waals surface area contributed by atoms with Crippen LogP contribution in [0.2, 0.25) is 5.02 Å². The number of carboxylic acids is 1. The summed E-state index contributed by atoms with van der Waals surface area (Å²) < 4.78 is 11.0. The molecule has 0 aliphatic carbocycles. The van der Waals surface area contributed by atoms with E-state index >= 15 is 0 Å². The molecular formula is C14H15ClO5. The molecule has 1 atom stereocenters. The number of benzene rings is 1. The molecule has 108 valence electrons. The molecule has 1 heterocycles. The van der Waals surface area contributed by atoms with Crippen LogP contribution < -0.4 is 9.47 Å². The summed E-state index contributed by atoms with van der Waals surface area (Å²) in [5.41, 5.74) is 0.340. The van der Waals surface area contributed by atoms with Crippen LogP contribution in [0, 0.1) is 5.92 Å². The number of ketones is 1. The lowest BCUT2D eigenvalue weighted by atomic mass is 9.99. The number of carbonyl (C=O) groups excluding carboxylic acids is 1. The molecule has 0 spiro atoms. The monoisotopic (exact) mass is 298 g/mol. The van der Waals surface area contributed by atoms with Crippen molar-refractivity contribution in [2.24, 2.45) is 5.92 Å². The normalized spacial score (nSPS) is 15.3. The van der Waals surface area contributed by atoms with Gasteiger partial charge < -0.3 is 14.6 Å². The predicted octanol–water partition coefficient (Wildman–Crippen LogP) is 2.79. The van der Waals surface area contributed by atoms with Gasteiger partial charge in [-0.1, -0.05) is 18.5 Å². The minimum atomic E-state index is -1.00. The summed E-state index contributed by atoms with van der Waals surface area (Å²) in [7, 11) is 0. The van der Waals surface area contributed by atoms with Gasteiger partial charge in [0.15, 0.2) is 17.3 Å². The number of carboxylic acid groups (broad SMARTS) is 1. The molecule has 20 heavy (non-hydrogen) atoms. The van der Waals surface area contributed by atoms with E-state index in [2.05, 4.69) is 0 Å². The van der Waals surface area contributed by atoms with Crippen LogP contribution in [-0.2, 0) is 4.79 Å². The van der Waals surface area contributed by atoms with Crippen LogP contribution in [0.25, 0.3) is 0 Å². The standard InChI is InChI=1S/C14H15ClO5/c1-8(14(17)18)5-11(16)9-6-10(15)13-12(7-9)19-3-2-4-20-13/h6-8H,2-5H2,1H3,(H,17,18). The Morgan fingerprint density at radius 1 is 1.35 bits per heavy atom. The number of ether oxygens (including phenoxy) is 2. The van der Waals surface area contributed by atoms with Crippen molar-refractivity contribution in [3.63, 3.8) is 0 Å². The zero-order valence-electron chi connectivity index (χ0n) is 11.0. The smallest absolute Gasteiger partial charge is 0.306 e. The van der Waals surface area contributed by atoms with Gasteiger partial charge in [-0.05, 0) is 12.1 Å². The molecule has 0 amide bonds. The Bertz CT molecular complexity index is 541. The summed E-state index contributed by atoms with van der Waals surface area (Å²) in [5.74, 6) is -1.15. The van der Waals surface area contributed by atoms with Gasteiger partial charge in [0.2, 0.25) is 0 Å². The second-order valence-corrected chi connectivity index (χ2v) is 5.11. The van der Waals surface area contributed by atoms with Gasteiger partial charge in [-0.3, -0.25) is 9.59 Å². The third-order valence-corrected chi connectivity index (χ3v) is 3.32. The van der Waals surface area contributed by atoms with E-state index in [1.807, 2.05) is 0 Å². The number of hydrogen-bond donors (Lipinski definition) is 1. The zero-order chi connectivity index (χ0) is 14.7. The number of aliphatic carboxylic acids is 1. The van der Waals surface area contributed by atoms with Crippen molar-refractivity contribution in [3.8, 4) is 11.5 Å². The molecule has 1 aromatic carbocycles. The molecule has 1 unspecified atom stereocenters. The molecule has 1 N–H and O–H groups in total. The highest BCUT2D eigenvalue weighted by Gasteiger charge is 2.21. The molecule has 0 fully saturated rings. The molecule has 0 saturated carbocycles. The highest BCUT2D eigenvalue weighted by molar-refractivity contribution is 6.32. The van der Waals surface area contributed by atoms with E-state index < -0.39 is 11.9 Å². The number of rotatable bonds is 4. The Balaban J connectivity index is 2.25. The number of carbonyl (C=O) groups is 2. The molecule has 1 aliphatic heterocycles. The molecule has 2 rings (SSSR count). The number of Topliss-reactive ketones (excluding diaryl/α,β-unsaturated/α-hetero) is 1. The summed E-state index contributed by atoms with van der Waals surface area (Å²) in [6, 6.07) is 3.05. The van der Waals surface area contributed by atoms with Crippen LogP contribution in [0.5, 0.6) is 11.5 Å². The van der Waals surface area contributed by atoms with Gasteiger partial charge in [0.05, 0.1) is 24.2 Å². The van der Waals surface area contributed by atoms with Gasteiger partial charge in [0.1, 0.15) is 0 Å². The second-order valence-electron chi connectivity index (χ2n) is 4.70. The van der Waals surface area contributed by atoms with E-state index in [4.69, 9.17) is 26.2 Å². The van der Waals surface area contributed by atoms with E-state index in [0.717, 1.165) is 6.42 Å². The lowest BCUT2D eigenvalue weighted by molar-refractivity contribution is -0.141. The fourth-order valence-electron chi connectivity index (χ4n) is 1.88. The molecule has 5 nitrogen and oxygen atoms in total. The van der Waals surface area contributed by atoms with Gasteiger partial charge in [0.25, 0.3) is 0 Å². The first-order valence-corrected chi connectivity index (χ1v) is 6.72. The summed E-state index contributed by atoms with van der Waals surface area (Å²) in [6.07, 6.45) is 0.662. The molecule has 6 heteroatoms. The first-order valence-electron chi connectivity index (χ1n) is 6.34. The third kappa shape index (κ3) is 3.22. The molecule has 0 bridgehead atoms. The molecule has 0 aromatic heterocycles. The molecular weight excluding hydrogens is 284 g/mol. The molecule has 1 aliphatic rings. The predicted molar refractivity (Wildman–Crippen MR) is 72.8 cm³/mol. The van der Waals surface area contributed by atoms with Crippen molar-refractivity contribution < 1.29 is 24.2 Å². The topological polar surface area (TPSA) is 72.8 Å². The Kier molecular flexibility index (Phi) is 4.49. The van der Waals surface area contributed by atoms with Gasteiger partial charge in [-0.15, -0.1) is 0 Å². The highest BCUT2D eigenvalue weighted by Crippen LogP contribution is 2.38. The third-order valence-electron chi connectivity index (χ3n) is 3.04. The SMILES string of the molecule is CC(CC(=O)c1cc(Cl)c2c(c1)OCCCO2)C(=O)O. The molecule has 0 radical (unpaired) electrons. The van der Waals surface area contributed by atoms with Crippen molar-refractivity contribution in [3.05, 3.63) is 22.7 Å². The second kappa shape index (κ2) is 6.13. The quantitative estimate of drug-likeness (QED) is 0.865. The Morgan fingerprint density at radius 2 is 2.05 bits per heavy atom. The van der Waals surface area contributed by atoms with Crippen LogP contribution >= 0.6 is 11.6 Å². The van der Waals surface area contributed by atoms with Crippen LogP contribution in [0.3, 0.4) is 0 Å². The lowest BCUT2D eigenvalue weighted by Gasteiger charge is -2.11. The van der Waals surface area contributed by atoms with Crippen LogP contribution in [0.1, 0.15) is 30.1 Å². The molecule has 1 aromatic rings. The summed E-state index contributed by atoms with van der Waals surface area (Å²) in [4.78, 5) is 22.9. The average Bonchev–Trinajstić information content (AvgIpc) is 2.63. The first kappa shape index (κ1) is 14.7. The minimum absolute atomic E-state index is 0.0781. The Morgan fingerprint density at radius 3 is 2.75 bits per heavy atom. The summed E-state index contributed by atoms with van der Waals surface area (Å²) in [6.45, 7) is 2.49. The van der Waals surface area contributed by atoms with Crippen molar-refractivity contribution >= 4 is 23.4 Å². The number of fused-ring (bicyclic) bond motifs is 1. The van der Waals surface area contributed by atoms with E-state index in [-0.39, 0.29) is 12.2 Å². The summed E-state index contributed by atoms with van der Waals surface area (Å²) >= 11 is 6.09. The van der Waals surface area contributed by atoms with Crippen LogP contribution in [0.4, 0.5) is 0 Å². The average molecular weight is 299 g/mol. The molecule has 0 saturated heterocycles. The number of hydrogen-bond acceptors (Lipinski definition) is 4. The van der Waals surface area contributed by atoms with Gasteiger partial charge in [-0.25, -0.2) is 0 Å². The Hall–Kier alpha value is -1.75. The number of halogens is 1. The van der Waals surface area contributed by atoms with Gasteiger partial charge >= 0.3 is 5.97 Å². The van der Waals surface area contributed by atoms with E-state index in [9.17, 15) is 9.59 Å². The first-order chi connectivity index (χ1) is 9.49. The highest BCUT2D eigenvalue weighted by atomic mass is 35.5. The maximum Gasteiger partial charge on any atom is 0.306 e. The van der Waals surface area contributed by atoms with Crippen LogP contribution in [-0.4, -0.2) is 30.1 Å². The zero-order valence-corrected chi connectivity index (χ0v) is 11.8. The largest absolute Gasteiger partial charge is 0.489 e. The van der Waals surface area contributed by atoms with Crippen molar-refractivity contribution in [2.75, 3.05) is 13.2 Å². The fourth-order valence-corrected chi connectivity index (χ4v) is 2.14. The van der Waals surface area contributed by atoms with E-state index in [1.54, 1.807) is 6.07 Å². The van der Waals surface area contributed by atoms with E-state index in [0.29, 0.717) is 35.3 Å². The van der Waals surface area contributed by atoms with Crippen molar-refractivity contribution in [2.45, 2.75) is 19.8 Å². The minimum Gasteiger partial charge on any atom is -0.489 e.